The van der Waals surface area contributed by atoms with Crippen molar-refractivity contribution in [2.24, 2.45) is 0 Å². The summed E-state index contributed by atoms with van der Waals surface area (Å²) < 4.78 is 4.87. The molecular formula is C8H9BrO3. The third-order valence-electron chi connectivity index (χ3n) is 1.65. The SMILES string of the molecule is COC1=CC(Br)CC(C=O)=C1O. The molecule has 1 aliphatic rings. The fourth-order valence-corrected chi connectivity index (χ4v) is 1.62. The van der Waals surface area contributed by atoms with Crippen molar-refractivity contribution in [1.29, 1.82) is 0 Å². The molecule has 4 heteroatoms. The molecule has 1 rings (SSSR count). The van der Waals surface area contributed by atoms with Crippen LogP contribution >= 0.6 is 15.9 Å². The van der Waals surface area contributed by atoms with E-state index in [1.807, 2.05) is 0 Å². The molecule has 66 valence electrons. The molecule has 3 nitrogen and oxygen atoms in total. The Morgan fingerprint density at radius 1 is 1.83 bits per heavy atom. The third kappa shape index (κ3) is 1.69. The van der Waals surface area contributed by atoms with Crippen molar-refractivity contribution < 1.29 is 14.6 Å². The molecule has 0 heterocycles. The summed E-state index contributed by atoms with van der Waals surface area (Å²) in [5, 5.41) is 9.38. The number of halogens is 1. The van der Waals surface area contributed by atoms with Crippen LogP contribution in [0.3, 0.4) is 0 Å². The van der Waals surface area contributed by atoms with Crippen molar-refractivity contribution in [1.82, 2.24) is 0 Å². The molecule has 1 aliphatic carbocycles. The number of aldehydes is 1. The molecule has 0 aliphatic heterocycles. The van der Waals surface area contributed by atoms with Crippen LogP contribution in [0.1, 0.15) is 6.42 Å². The average Bonchev–Trinajstić information content (AvgIpc) is 2.08. The quantitative estimate of drug-likeness (QED) is 0.583. The average molecular weight is 233 g/mol. The number of hydrogen-bond acceptors (Lipinski definition) is 3. The standard InChI is InChI=1S/C8H9BrO3/c1-12-7-3-6(9)2-5(4-10)8(7)11/h3-4,6,11H,2H2,1H3. The number of aliphatic hydroxyl groups excluding tert-OH is 1. The van der Waals surface area contributed by atoms with Gasteiger partial charge >= 0.3 is 0 Å². The van der Waals surface area contributed by atoms with Crippen LogP contribution in [0.4, 0.5) is 0 Å². The second kappa shape index (κ2) is 3.76. The number of carbonyl (C=O) groups excluding carboxylic acids is 1. The summed E-state index contributed by atoms with van der Waals surface area (Å²) in [5.41, 5.74) is 0.372. The number of ether oxygens (including phenoxy) is 1. The zero-order valence-corrected chi connectivity index (χ0v) is 8.17. The van der Waals surface area contributed by atoms with Crippen LogP contribution in [-0.2, 0) is 9.53 Å². The monoisotopic (exact) mass is 232 g/mol. The molecule has 0 saturated heterocycles. The molecule has 0 bridgehead atoms. The van der Waals surface area contributed by atoms with E-state index in [0.29, 0.717) is 24.0 Å². The Hall–Kier alpha value is -0.770. The first-order chi connectivity index (χ1) is 5.69. The van der Waals surface area contributed by atoms with E-state index in [4.69, 9.17) is 4.74 Å². The molecule has 0 aromatic carbocycles. The number of aliphatic hydroxyl groups is 1. The third-order valence-corrected chi connectivity index (χ3v) is 2.23. The highest BCUT2D eigenvalue weighted by Crippen LogP contribution is 2.26. The molecule has 12 heavy (non-hydrogen) atoms. The van der Waals surface area contributed by atoms with E-state index in [-0.39, 0.29) is 10.6 Å². The Morgan fingerprint density at radius 3 is 3.00 bits per heavy atom. The van der Waals surface area contributed by atoms with Gasteiger partial charge in [-0.1, -0.05) is 15.9 Å². The van der Waals surface area contributed by atoms with Gasteiger partial charge in [0.05, 0.1) is 7.11 Å². The van der Waals surface area contributed by atoms with Crippen molar-refractivity contribution in [3.8, 4) is 0 Å². The number of methoxy groups -OCH3 is 1. The Kier molecular flexibility index (Phi) is 2.92. The van der Waals surface area contributed by atoms with Crippen LogP contribution in [-0.4, -0.2) is 23.3 Å². The lowest BCUT2D eigenvalue weighted by atomic mass is 10.0. The maximum atomic E-state index is 10.5. The molecule has 0 amide bonds. The second-order valence-electron chi connectivity index (χ2n) is 2.45. The van der Waals surface area contributed by atoms with Crippen molar-refractivity contribution in [2.75, 3.05) is 7.11 Å². The van der Waals surface area contributed by atoms with Gasteiger partial charge in [-0.2, -0.15) is 0 Å². The Labute approximate surface area is 78.8 Å². The molecule has 0 aromatic rings. The van der Waals surface area contributed by atoms with Gasteiger partial charge in [-0.15, -0.1) is 0 Å². The Morgan fingerprint density at radius 2 is 2.50 bits per heavy atom. The van der Waals surface area contributed by atoms with E-state index in [1.54, 1.807) is 6.08 Å². The van der Waals surface area contributed by atoms with Gasteiger partial charge in [0.2, 0.25) is 0 Å². The lowest BCUT2D eigenvalue weighted by Crippen LogP contribution is -2.10. The summed E-state index contributed by atoms with van der Waals surface area (Å²) >= 11 is 3.32. The summed E-state index contributed by atoms with van der Waals surface area (Å²) in [6.45, 7) is 0. The van der Waals surface area contributed by atoms with Crippen molar-refractivity contribution >= 4 is 22.2 Å². The van der Waals surface area contributed by atoms with Crippen LogP contribution < -0.4 is 0 Å². The van der Waals surface area contributed by atoms with Crippen LogP contribution in [0, 0.1) is 0 Å². The number of alkyl halides is 1. The fourth-order valence-electron chi connectivity index (χ4n) is 1.04. The van der Waals surface area contributed by atoms with Gasteiger partial charge in [-0.05, 0) is 12.5 Å². The molecule has 1 atom stereocenters. The topological polar surface area (TPSA) is 46.5 Å². The van der Waals surface area contributed by atoms with Crippen LogP contribution in [0.2, 0.25) is 0 Å². The highest BCUT2D eigenvalue weighted by molar-refractivity contribution is 9.09. The predicted octanol–water partition coefficient (Wildman–Crippen LogP) is 1.69. The zero-order chi connectivity index (χ0) is 9.14. The van der Waals surface area contributed by atoms with Gasteiger partial charge in [0, 0.05) is 10.4 Å². The van der Waals surface area contributed by atoms with Crippen LogP contribution in [0.15, 0.2) is 23.2 Å². The van der Waals surface area contributed by atoms with E-state index >= 15 is 0 Å². The van der Waals surface area contributed by atoms with Gasteiger partial charge in [0.1, 0.15) is 6.29 Å². The van der Waals surface area contributed by atoms with Crippen molar-refractivity contribution in [3.63, 3.8) is 0 Å². The Balaban J connectivity index is 2.99. The number of allylic oxidation sites excluding steroid dienone is 2. The number of rotatable bonds is 2. The van der Waals surface area contributed by atoms with Gasteiger partial charge in [0.25, 0.3) is 0 Å². The van der Waals surface area contributed by atoms with Gasteiger partial charge < -0.3 is 9.84 Å². The van der Waals surface area contributed by atoms with Gasteiger partial charge in [0.15, 0.2) is 11.5 Å². The first-order valence-electron chi connectivity index (χ1n) is 3.46. The molecule has 0 saturated carbocycles. The van der Waals surface area contributed by atoms with Gasteiger partial charge in [-0.25, -0.2) is 0 Å². The molecule has 0 radical (unpaired) electrons. The predicted molar refractivity (Wildman–Crippen MR) is 48.1 cm³/mol. The maximum absolute atomic E-state index is 10.5. The Bertz CT molecular complexity index is 255. The summed E-state index contributed by atoms with van der Waals surface area (Å²) in [7, 11) is 1.45. The van der Waals surface area contributed by atoms with E-state index in [1.165, 1.54) is 7.11 Å². The van der Waals surface area contributed by atoms with Crippen molar-refractivity contribution in [3.05, 3.63) is 23.2 Å². The number of carbonyl (C=O) groups is 1. The second-order valence-corrected chi connectivity index (χ2v) is 3.62. The highest BCUT2D eigenvalue weighted by atomic mass is 79.9. The highest BCUT2D eigenvalue weighted by Gasteiger charge is 2.20. The lowest BCUT2D eigenvalue weighted by molar-refractivity contribution is -0.105. The largest absolute Gasteiger partial charge is 0.504 e. The minimum atomic E-state index is -0.0526. The fraction of sp³-hybridized carbons (Fsp3) is 0.375. The van der Waals surface area contributed by atoms with E-state index in [0.717, 1.165) is 0 Å². The molecule has 0 spiro atoms. The summed E-state index contributed by atoms with van der Waals surface area (Å²) in [5.74, 6) is 0.299. The van der Waals surface area contributed by atoms with Gasteiger partial charge in [-0.3, -0.25) is 4.79 Å². The molecular weight excluding hydrogens is 224 g/mol. The zero-order valence-electron chi connectivity index (χ0n) is 6.58. The minimum absolute atomic E-state index is 0.0526. The summed E-state index contributed by atoms with van der Waals surface area (Å²) in [6.07, 6.45) is 2.88. The van der Waals surface area contributed by atoms with E-state index < -0.39 is 0 Å². The normalized spacial score (nSPS) is 23.5. The van der Waals surface area contributed by atoms with Crippen LogP contribution in [0.25, 0.3) is 0 Å². The molecule has 1 N–H and O–H groups in total. The maximum Gasteiger partial charge on any atom is 0.163 e. The molecule has 1 unspecified atom stereocenters. The smallest absolute Gasteiger partial charge is 0.163 e. The molecule has 0 fully saturated rings. The van der Waals surface area contributed by atoms with E-state index in [2.05, 4.69) is 15.9 Å². The minimum Gasteiger partial charge on any atom is -0.504 e. The lowest BCUT2D eigenvalue weighted by Gasteiger charge is -2.16. The summed E-state index contributed by atoms with van der Waals surface area (Å²) in [4.78, 5) is 10.5. The van der Waals surface area contributed by atoms with E-state index in [9.17, 15) is 9.90 Å². The number of hydrogen-bond donors (Lipinski definition) is 1. The first kappa shape index (κ1) is 9.32. The van der Waals surface area contributed by atoms with Crippen LogP contribution in [0.5, 0.6) is 0 Å². The molecule has 0 aromatic heterocycles. The summed E-state index contributed by atoms with van der Waals surface area (Å²) in [6, 6.07) is 0. The van der Waals surface area contributed by atoms with Crippen molar-refractivity contribution in [2.45, 2.75) is 11.2 Å². The first-order valence-corrected chi connectivity index (χ1v) is 4.38.